The Balaban J connectivity index is 2.47. The van der Waals surface area contributed by atoms with Crippen LogP contribution in [0.25, 0.3) is 0 Å². The van der Waals surface area contributed by atoms with Crippen molar-refractivity contribution in [3.05, 3.63) is 0 Å². The molecule has 4 nitrogen and oxygen atoms in total. The van der Waals surface area contributed by atoms with E-state index >= 15 is 0 Å². The lowest BCUT2D eigenvalue weighted by Gasteiger charge is -2.43. The molecule has 0 radical (unpaired) electrons. The lowest BCUT2D eigenvalue weighted by atomic mass is 9.73. The predicted octanol–water partition coefficient (Wildman–Crippen LogP) is -2.20. The highest BCUT2D eigenvalue weighted by molar-refractivity contribution is 4.89. The van der Waals surface area contributed by atoms with Crippen molar-refractivity contribution in [2.45, 2.75) is 38.7 Å². The number of nitrogens with two attached hydrogens (primary N) is 1. The highest BCUT2D eigenvalue weighted by atomic mass is 16.5. The van der Waals surface area contributed by atoms with E-state index < -0.39 is 0 Å². The number of ether oxygens (including phenoxy) is 1. The molecule has 120 valence electrons. The molecule has 1 fully saturated rings. The Labute approximate surface area is 125 Å². The Morgan fingerprint density at radius 3 is 2.35 bits per heavy atom. The summed E-state index contributed by atoms with van der Waals surface area (Å²) in [7, 11) is 9.02. The van der Waals surface area contributed by atoms with Crippen LogP contribution in [0.3, 0.4) is 0 Å². The Morgan fingerprint density at radius 1 is 1.10 bits per heavy atom. The fourth-order valence-corrected chi connectivity index (χ4v) is 3.74. The molecule has 0 amide bonds. The molecule has 0 aromatic heterocycles. The van der Waals surface area contributed by atoms with Crippen LogP contribution in [0.2, 0.25) is 0 Å². The van der Waals surface area contributed by atoms with Crippen molar-refractivity contribution < 1.29 is 19.9 Å². The summed E-state index contributed by atoms with van der Waals surface area (Å²) in [6.45, 7) is 10.5. The van der Waals surface area contributed by atoms with Crippen LogP contribution < -0.4 is 15.1 Å². The van der Waals surface area contributed by atoms with Crippen LogP contribution in [0.15, 0.2) is 0 Å². The van der Waals surface area contributed by atoms with Crippen LogP contribution >= 0.6 is 0 Å². The summed E-state index contributed by atoms with van der Waals surface area (Å²) in [4.78, 5) is 3.12. The zero-order valence-corrected chi connectivity index (χ0v) is 14.6. The fraction of sp³-hybridized carbons (Fsp3) is 1.00. The number of quaternary nitrogens is 3. The summed E-state index contributed by atoms with van der Waals surface area (Å²) in [5.74, 6) is 0. The van der Waals surface area contributed by atoms with Gasteiger partial charge >= 0.3 is 0 Å². The molecule has 0 aromatic carbocycles. The van der Waals surface area contributed by atoms with E-state index in [2.05, 4.69) is 47.4 Å². The summed E-state index contributed by atoms with van der Waals surface area (Å²) in [6.07, 6.45) is 3.73. The number of rotatable bonds is 8. The van der Waals surface area contributed by atoms with E-state index in [1.807, 2.05) is 0 Å². The SMILES string of the molecule is C[NH+](C)CCC[NH2+]C[C@]1(C[NH+](C)C)CCOC(C)(C)C1. The summed E-state index contributed by atoms with van der Waals surface area (Å²) >= 11 is 0. The van der Waals surface area contributed by atoms with Crippen molar-refractivity contribution >= 4 is 0 Å². The molecule has 20 heavy (non-hydrogen) atoms. The molecule has 0 bridgehead atoms. The summed E-state index contributed by atoms with van der Waals surface area (Å²) < 4.78 is 5.93. The average molecular weight is 289 g/mol. The van der Waals surface area contributed by atoms with Gasteiger partial charge in [0.2, 0.25) is 0 Å². The monoisotopic (exact) mass is 288 g/mol. The van der Waals surface area contributed by atoms with E-state index in [1.54, 1.807) is 9.80 Å². The maximum absolute atomic E-state index is 5.93. The van der Waals surface area contributed by atoms with E-state index in [4.69, 9.17) is 4.74 Å². The van der Waals surface area contributed by atoms with Crippen molar-refractivity contribution in [1.29, 1.82) is 0 Å². The van der Waals surface area contributed by atoms with Crippen molar-refractivity contribution in [2.75, 3.05) is 61.0 Å². The van der Waals surface area contributed by atoms with Crippen LogP contribution in [0.4, 0.5) is 0 Å². The first-order valence-electron chi connectivity index (χ1n) is 8.28. The second kappa shape index (κ2) is 7.74. The Hall–Kier alpha value is -0.160. The minimum absolute atomic E-state index is 0.0509. The van der Waals surface area contributed by atoms with Crippen LogP contribution in [0.5, 0.6) is 0 Å². The summed E-state index contributed by atoms with van der Waals surface area (Å²) in [5, 5.41) is 2.55. The van der Waals surface area contributed by atoms with Gasteiger partial charge in [-0.15, -0.1) is 0 Å². The smallest absolute Gasteiger partial charge is 0.0880 e. The van der Waals surface area contributed by atoms with Gasteiger partial charge in [-0.1, -0.05) is 0 Å². The van der Waals surface area contributed by atoms with Gasteiger partial charge < -0.3 is 19.9 Å². The first kappa shape index (κ1) is 17.9. The highest BCUT2D eigenvalue weighted by Gasteiger charge is 2.44. The number of hydrogen-bond donors (Lipinski definition) is 3. The van der Waals surface area contributed by atoms with E-state index in [-0.39, 0.29) is 5.60 Å². The largest absolute Gasteiger partial charge is 0.376 e. The Morgan fingerprint density at radius 2 is 1.80 bits per heavy atom. The third-order valence-corrected chi connectivity index (χ3v) is 4.32. The second-order valence-corrected chi connectivity index (χ2v) is 8.01. The maximum Gasteiger partial charge on any atom is 0.0880 e. The Kier molecular flexibility index (Phi) is 6.92. The van der Waals surface area contributed by atoms with Gasteiger partial charge in [0.25, 0.3) is 0 Å². The zero-order valence-electron chi connectivity index (χ0n) is 14.6. The van der Waals surface area contributed by atoms with Gasteiger partial charge in [0, 0.05) is 13.0 Å². The van der Waals surface area contributed by atoms with Crippen molar-refractivity contribution in [1.82, 2.24) is 0 Å². The molecule has 1 atom stereocenters. The van der Waals surface area contributed by atoms with Crippen molar-refractivity contribution in [3.63, 3.8) is 0 Å². The van der Waals surface area contributed by atoms with Gasteiger partial charge in [0.15, 0.2) is 0 Å². The topological polar surface area (TPSA) is 34.7 Å². The zero-order chi connectivity index (χ0) is 15.2. The third-order valence-electron chi connectivity index (χ3n) is 4.32. The van der Waals surface area contributed by atoms with Gasteiger partial charge in [0.05, 0.1) is 65.4 Å². The normalized spacial score (nSPS) is 26.4. The molecule has 0 saturated carbocycles. The second-order valence-electron chi connectivity index (χ2n) is 8.01. The molecule has 0 spiro atoms. The lowest BCUT2D eigenvalue weighted by Crippen LogP contribution is -3.08. The van der Waals surface area contributed by atoms with Gasteiger partial charge in [0.1, 0.15) is 0 Å². The molecule has 4 N–H and O–H groups in total. The predicted molar refractivity (Wildman–Crippen MR) is 83.3 cm³/mol. The molecule has 0 aromatic rings. The lowest BCUT2D eigenvalue weighted by molar-refractivity contribution is -0.870. The van der Waals surface area contributed by atoms with Crippen molar-refractivity contribution in [2.24, 2.45) is 5.41 Å². The van der Waals surface area contributed by atoms with Crippen molar-refractivity contribution in [3.8, 4) is 0 Å². The Bertz CT molecular complexity index is 279. The molecule has 1 rings (SSSR count). The molecule has 1 heterocycles. The molecule has 1 aliphatic heterocycles. The van der Waals surface area contributed by atoms with Crippen LogP contribution in [-0.4, -0.2) is 66.6 Å². The third kappa shape index (κ3) is 6.53. The molecule has 4 heteroatoms. The van der Waals surface area contributed by atoms with Crippen LogP contribution in [-0.2, 0) is 4.74 Å². The minimum atomic E-state index is 0.0509. The standard InChI is InChI=1S/C16H35N3O/c1-15(2)12-16(8-11-20-15,14-19(5)6)13-17-9-7-10-18(3)4/h17H,7-14H2,1-6H3/p+3/t16-/m0/s1. The van der Waals surface area contributed by atoms with E-state index in [9.17, 15) is 0 Å². The van der Waals surface area contributed by atoms with Gasteiger partial charge in [-0.25, -0.2) is 0 Å². The first-order valence-corrected chi connectivity index (χ1v) is 8.28. The minimum Gasteiger partial charge on any atom is -0.376 e. The molecule has 0 aliphatic carbocycles. The van der Waals surface area contributed by atoms with Crippen LogP contribution in [0.1, 0.15) is 33.1 Å². The van der Waals surface area contributed by atoms with E-state index in [0.717, 1.165) is 6.61 Å². The fourth-order valence-electron chi connectivity index (χ4n) is 3.74. The van der Waals surface area contributed by atoms with Crippen LogP contribution in [0, 0.1) is 5.41 Å². The molecule has 1 aliphatic rings. The van der Waals surface area contributed by atoms with Gasteiger partial charge in [-0.3, -0.25) is 0 Å². The molecular formula is C16H38N3O+3. The number of hydrogen-bond acceptors (Lipinski definition) is 1. The summed E-state index contributed by atoms with van der Waals surface area (Å²) in [5.41, 5.74) is 0.501. The quantitative estimate of drug-likeness (QED) is 0.436. The van der Waals surface area contributed by atoms with Gasteiger partial charge in [-0.05, 0) is 26.7 Å². The number of nitrogens with one attached hydrogen (secondary N) is 2. The average Bonchev–Trinajstić information content (AvgIpc) is 2.25. The molecule has 0 unspecified atom stereocenters. The highest BCUT2D eigenvalue weighted by Crippen LogP contribution is 2.36. The maximum atomic E-state index is 5.93. The van der Waals surface area contributed by atoms with Gasteiger partial charge in [-0.2, -0.15) is 0 Å². The summed E-state index contributed by atoms with van der Waals surface area (Å²) in [6, 6.07) is 0. The first-order chi connectivity index (χ1) is 9.25. The molecular weight excluding hydrogens is 250 g/mol. The molecule has 1 saturated heterocycles. The van der Waals surface area contributed by atoms with E-state index in [0.29, 0.717) is 5.41 Å². The van der Waals surface area contributed by atoms with E-state index in [1.165, 1.54) is 45.4 Å².